The van der Waals surface area contributed by atoms with E-state index in [0.29, 0.717) is 5.56 Å². The number of benzene rings is 1. The summed E-state index contributed by atoms with van der Waals surface area (Å²) in [5.41, 5.74) is 4.63. The Morgan fingerprint density at radius 3 is 2.40 bits per heavy atom. The Hall–Kier alpha value is -1.00. The molecule has 82 valence electrons. The van der Waals surface area contributed by atoms with Crippen LogP contribution in [0.25, 0.3) is 0 Å². The first-order chi connectivity index (χ1) is 7.13. The van der Waals surface area contributed by atoms with E-state index in [1.807, 2.05) is 24.3 Å². The van der Waals surface area contributed by atoms with Crippen LogP contribution in [0.1, 0.15) is 15.9 Å². The molecule has 1 N–H and O–H groups in total. The molecule has 0 saturated heterocycles. The van der Waals surface area contributed by atoms with Crippen molar-refractivity contribution in [3.8, 4) is 0 Å². The minimum absolute atomic E-state index is 0.0734. The van der Waals surface area contributed by atoms with Crippen LogP contribution in [-0.2, 0) is 5.75 Å². The van der Waals surface area contributed by atoms with Gasteiger partial charge in [-0.05, 0) is 24.0 Å². The molecule has 4 heteroatoms. The Labute approximate surface area is 94.8 Å². The molecule has 0 bridgehead atoms. The van der Waals surface area contributed by atoms with E-state index in [4.69, 9.17) is 0 Å². The van der Waals surface area contributed by atoms with Crippen molar-refractivity contribution in [2.75, 3.05) is 20.4 Å². The van der Waals surface area contributed by atoms with Gasteiger partial charge in [0.15, 0.2) is 0 Å². The quantitative estimate of drug-likeness (QED) is 0.791. The lowest BCUT2D eigenvalue weighted by molar-refractivity contribution is 0.0857. The van der Waals surface area contributed by atoms with Gasteiger partial charge in [0.1, 0.15) is 0 Å². The molecule has 1 aromatic rings. The predicted octanol–water partition coefficient (Wildman–Crippen LogP) is 1.76. The summed E-state index contributed by atoms with van der Waals surface area (Å²) in [5, 5.41) is 1.64. The largest absolute Gasteiger partial charge is 0.285 e. The van der Waals surface area contributed by atoms with Crippen molar-refractivity contribution in [1.29, 1.82) is 0 Å². The molecule has 15 heavy (non-hydrogen) atoms. The fourth-order valence-electron chi connectivity index (χ4n) is 1.19. The molecule has 0 aromatic heterocycles. The van der Waals surface area contributed by atoms with Gasteiger partial charge in [0.05, 0.1) is 0 Å². The zero-order valence-electron chi connectivity index (χ0n) is 9.28. The number of nitrogens with one attached hydrogen (secondary N) is 1. The van der Waals surface area contributed by atoms with Crippen LogP contribution >= 0.6 is 11.8 Å². The fraction of sp³-hybridized carbons (Fsp3) is 0.364. The topological polar surface area (TPSA) is 32.3 Å². The SMILES string of the molecule is CSCc1ccc(C(=O)NN(C)C)cc1. The second-order valence-electron chi connectivity index (χ2n) is 3.47. The van der Waals surface area contributed by atoms with Crippen LogP contribution in [0.4, 0.5) is 0 Å². The fourth-order valence-corrected chi connectivity index (χ4v) is 1.71. The number of carbonyl (C=O) groups is 1. The highest BCUT2D eigenvalue weighted by Gasteiger charge is 2.05. The normalized spacial score (nSPS) is 10.4. The summed E-state index contributed by atoms with van der Waals surface area (Å²) in [4.78, 5) is 11.6. The molecule has 0 aliphatic heterocycles. The number of carbonyl (C=O) groups excluding carboxylic acids is 1. The van der Waals surface area contributed by atoms with E-state index in [1.54, 1.807) is 30.9 Å². The molecule has 3 nitrogen and oxygen atoms in total. The number of amides is 1. The average molecular weight is 224 g/mol. The van der Waals surface area contributed by atoms with E-state index >= 15 is 0 Å². The van der Waals surface area contributed by atoms with E-state index in [2.05, 4.69) is 11.7 Å². The summed E-state index contributed by atoms with van der Waals surface area (Å²) in [5.74, 6) is 0.908. The summed E-state index contributed by atoms with van der Waals surface area (Å²) in [6.07, 6.45) is 2.06. The maximum absolute atomic E-state index is 11.6. The lowest BCUT2D eigenvalue weighted by atomic mass is 10.1. The summed E-state index contributed by atoms with van der Waals surface area (Å²) in [6, 6.07) is 7.68. The molecule has 0 atom stereocenters. The van der Waals surface area contributed by atoms with Crippen molar-refractivity contribution in [2.24, 2.45) is 0 Å². The van der Waals surface area contributed by atoms with Crippen LogP contribution in [0.3, 0.4) is 0 Å². The number of nitrogens with zero attached hydrogens (tertiary/aromatic N) is 1. The van der Waals surface area contributed by atoms with E-state index in [9.17, 15) is 4.79 Å². The second kappa shape index (κ2) is 5.78. The van der Waals surface area contributed by atoms with E-state index in [1.165, 1.54) is 5.56 Å². The van der Waals surface area contributed by atoms with Gasteiger partial charge < -0.3 is 0 Å². The summed E-state index contributed by atoms with van der Waals surface area (Å²) in [6.45, 7) is 0. The van der Waals surface area contributed by atoms with Crippen LogP contribution < -0.4 is 5.43 Å². The minimum atomic E-state index is -0.0734. The lowest BCUT2D eigenvalue weighted by Gasteiger charge is -2.11. The van der Waals surface area contributed by atoms with Crippen LogP contribution in [0, 0.1) is 0 Å². The molecule has 0 saturated carbocycles. The Kier molecular flexibility index (Phi) is 4.65. The number of thioether (sulfide) groups is 1. The molecule has 0 aliphatic carbocycles. The highest BCUT2D eigenvalue weighted by Crippen LogP contribution is 2.10. The van der Waals surface area contributed by atoms with Gasteiger partial charge in [-0.3, -0.25) is 10.2 Å². The molecule has 1 rings (SSSR count). The van der Waals surface area contributed by atoms with Crippen molar-refractivity contribution in [3.63, 3.8) is 0 Å². The average Bonchev–Trinajstić information content (AvgIpc) is 2.18. The Balaban J connectivity index is 2.67. The number of hydrogen-bond acceptors (Lipinski definition) is 3. The predicted molar refractivity (Wildman–Crippen MR) is 64.8 cm³/mol. The molecule has 0 heterocycles. The number of hydrogen-bond donors (Lipinski definition) is 1. The van der Waals surface area contributed by atoms with Crippen LogP contribution in [0.2, 0.25) is 0 Å². The van der Waals surface area contributed by atoms with Gasteiger partial charge in [-0.25, -0.2) is 5.01 Å². The maximum Gasteiger partial charge on any atom is 0.265 e. The van der Waals surface area contributed by atoms with E-state index in [0.717, 1.165) is 5.75 Å². The van der Waals surface area contributed by atoms with Gasteiger partial charge >= 0.3 is 0 Å². The molecule has 0 radical (unpaired) electrons. The van der Waals surface area contributed by atoms with E-state index < -0.39 is 0 Å². The van der Waals surface area contributed by atoms with Crippen molar-refractivity contribution in [3.05, 3.63) is 35.4 Å². The summed E-state index contributed by atoms with van der Waals surface area (Å²) in [7, 11) is 3.58. The summed E-state index contributed by atoms with van der Waals surface area (Å²) < 4.78 is 0. The van der Waals surface area contributed by atoms with Crippen molar-refractivity contribution < 1.29 is 4.79 Å². The molecule has 0 spiro atoms. The highest BCUT2D eigenvalue weighted by atomic mass is 32.2. The summed E-state index contributed by atoms with van der Waals surface area (Å²) >= 11 is 1.77. The number of hydrazine groups is 1. The van der Waals surface area contributed by atoms with Gasteiger partial charge in [0, 0.05) is 25.4 Å². The zero-order chi connectivity index (χ0) is 11.3. The molecule has 0 aliphatic rings. The molecular weight excluding hydrogens is 208 g/mol. The first-order valence-corrected chi connectivity index (χ1v) is 6.09. The number of rotatable bonds is 4. The molecule has 1 aromatic carbocycles. The smallest absolute Gasteiger partial charge is 0.265 e. The van der Waals surface area contributed by atoms with Crippen molar-refractivity contribution >= 4 is 17.7 Å². The van der Waals surface area contributed by atoms with Crippen LogP contribution in [-0.4, -0.2) is 31.3 Å². The second-order valence-corrected chi connectivity index (χ2v) is 4.33. The minimum Gasteiger partial charge on any atom is -0.285 e. The monoisotopic (exact) mass is 224 g/mol. The van der Waals surface area contributed by atoms with Crippen LogP contribution in [0.5, 0.6) is 0 Å². The maximum atomic E-state index is 11.6. The molecule has 0 unspecified atom stereocenters. The van der Waals surface area contributed by atoms with E-state index in [-0.39, 0.29) is 5.91 Å². The van der Waals surface area contributed by atoms with Gasteiger partial charge in [-0.2, -0.15) is 11.8 Å². The Morgan fingerprint density at radius 2 is 1.93 bits per heavy atom. The lowest BCUT2D eigenvalue weighted by Crippen LogP contribution is -2.36. The molecule has 1 amide bonds. The third kappa shape index (κ3) is 3.93. The van der Waals surface area contributed by atoms with Gasteiger partial charge in [-0.1, -0.05) is 12.1 Å². The van der Waals surface area contributed by atoms with Gasteiger partial charge in [-0.15, -0.1) is 0 Å². The molecule has 0 fully saturated rings. The third-order valence-electron chi connectivity index (χ3n) is 1.85. The first-order valence-electron chi connectivity index (χ1n) is 4.69. The third-order valence-corrected chi connectivity index (χ3v) is 2.47. The standard InChI is InChI=1S/C11H16N2OS/c1-13(2)12-11(14)10-6-4-9(5-7-10)8-15-3/h4-7H,8H2,1-3H3,(H,12,14). The van der Waals surface area contributed by atoms with Crippen molar-refractivity contribution in [1.82, 2.24) is 10.4 Å². The van der Waals surface area contributed by atoms with Gasteiger partial charge in [0.2, 0.25) is 0 Å². The zero-order valence-corrected chi connectivity index (χ0v) is 10.1. The highest BCUT2D eigenvalue weighted by molar-refractivity contribution is 7.97. The van der Waals surface area contributed by atoms with Gasteiger partial charge in [0.25, 0.3) is 5.91 Å². The Morgan fingerprint density at radius 1 is 1.33 bits per heavy atom. The van der Waals surface area contributed by atoms with Crippen LogP contribution in [0.15, 0.2) is 24.3 Å². The molecular formula is C11H16N2OS. The van der Waals surface area contributed by atoms with Crippen molar-refractivity contribution in [2.45, 2.75) is 5.75 Å². The first kappa shape index (κ1) is 12.1. The Bertz CT molecular complexity index is 322.